The highest BCUT2D eigenvalue weighted by atomic mass is 16.5. The number of methoxy groups -OCH3 is 1. The number of hydrogen-bond acceptors (Lipinski definition) is 2. The summed E-state index contributed by atoms with van der Waals surface area (Å²) >= 11 is 0. The zero-order valence-corrected chi connectivity index (χ0v) is 10.4. The van der Waals surface area contributed by atoms with Crippen molar-refractivity contribution in [3.8, 4) is 5.75 Å². The molecule has 1 aromatic carbocycles. The van der Waals surface area contributed by atoms with E-state index in [9.17, 15) is 0 Å². The Labute approximate surface area is 98.0 Å². The highest BCUT2D eigenvalue weighted by Crippen LogP contribution is 2.34. The fourth-order valence-corrected chi connectivity index (χ4v) is 2.57. The normalized spacial score (nSPS) is 22.1. The lowest BCUT2D eigenvalue weighted by molar-refractivity contribution is 0.394. The van der Waals surface area contributed by atoms with Crippen LogP contribution in [-0.2, 0) is 0 Å². The third kappa shape index (κ3) is 2.22. The van der Waals surface area contributed by atoms with E-state index < -0.39 is 0 Å². The number of aryl methyl sites for hydroxylation is 1. The van der Waals surface area contributed by atoms with Crippen LogP contribution in [0.25, 0.3) is 0 Å². The molecule has 0 aromatic heterocycles. The zero-order chi connectivity index (χ0) is 11.5. The third-order valence-corrected chi connectivity index (χ3v) is 3.68. The van der Waals surface area contributed by atoms with Crippen molar-refractivity contribution >= 4 is 0 Å². The van der Waals surface area contributed by atoms with Gasteiger partial charge in [0.05, 0.1) is 7.11 Å². The summed E-state index contributed by atoms with van der Waals surface area (Å²) in [6, 6.07) is 6.47. The highest BCUT2D eigenvalue weighted by Gasteiger charge is 2.24. The smallest absolute Gasteiger partial charge is 0.122 e. The van der Waals surface area contributed by atoms with E-state index >= 15 is 0 Å². The number of rotatable bonds is 3. The van der Waals surface area contributed by atoms with Crippen LogP contribution in [0.1, 0.15) is 30.4 Å². The Hall–Kier alpha value is -1.02. The lowest BCUT2D eigenvalue weighted by Gasteiger charge is -2.21. The zero-order valence-electron chi connectivity index (χ0n) is 10.4. The van der Waals surface area contributed by atoms with Crippen LogP contribution in [0.15, 0.2) is 18.2 Å². The van der Waals surface area contributed by atoms with Crippen molar-refractivity contribution in [1.82, 2.24) is 5.32 Å². The summed E-state index contributed by atoms with van der Waals surface area (Å²) in [6.07, 6.45) is 1.28. The third-order valence-electron chi connectivity index (χ3n) is 3.68. The summed E-state index contributed by atoms with van der Waals surface area (Å²) in [5, 5.41) is 3.43. The maximum Gasteiger partial charge on any atom is 0.122 e. The summed E-state index contributed by atoms with van der Waals surface area (Å²) in [5.41, 5.74) is 2.67. The fraction of sp³-hybridized carbons (Fsp3) is 0.571. The van der Waals surface area contributed by atoms with Crippen molar-refractivity contribution in [2.75, 3.05) is 20.2 Å². The topological polar surface area (TPSA) is 21.3 Å². The Morgan fingerprint density at radius 3 is 2.88 bits per heavy atom. The monoisotopic (exact) mass is 219 g/mol. The molecule has 0 aliphatic carbocycles. The van der Waals surface area contributed by atoms with Crippen molar-refractivity contribution in [2.24, 2.45) is 5.92 Å². The molecule has 16 heavy (non-hydrogen) atoms. The van der Waals surface area contributed by atoms with Gasteiger partial charge in [-0.2, -0.15) is 0 Å². The van der Waals surface area contributed by atoms with Gasteiger partial charge in [0.1, 0.15) is 5.75 Å². The van der Waals surface area contributed by atoms with Gasteiger partial charge in [0, 0.05) is 0 Å². The molecule has 2 heteroatoms. The molecule has 1 aliphatic heterocycles. The molecule has 1 saturated heterocycles. The minimum Gasteiger partial charge on any atom is -0.496 e. The van der Waals surface area contributed by atoms with E-state index in [1.165, 1.54) is 17.5 Å². The first kappa shape index (κ1) is 11.5. The van der Waals surface area contributed by atoms with Gasteiger partial charge >= 0.3 is 0 Å². The van der Waals surface area contributed by atoms with Crippen LogP contribution in [0.3, 0.4) is 0 Å². The van der Waals surface area contributed by atoms with Gasteiger partial charge in [0.25, 0.3) is 0 Å². The SMILES string of the molecule is COc1ccc(C)cc1C(C)C1CCNC1. The molecule has 2 rings (SSSR count). The van der Waals surface area contributed by atoms with Crippen molar-refractivity contribution in [3.05, 3.63) is 29.3 Å². The summed E-state index contributed by atoms with van der Waals surface area (Å²) in [4.78, 5) is 0. The van der Waals surface area contributed by atoms with E-state index in [0.29, 0.717) is 5.92 Å². The van der Waals surface area contributed by atoms with E-state index in [1.807, 2.05) is 0 Å². The van der Waals surface area contributed by atoms with E-state index in [4.69, 9.17) is 4.74 Å². The first-order chi connectivity index (χ1) is 7.72. The van der Waals surface area contributed by atoms with E-state index in [0.717, 1.165) is 24.8 Å². The van der Waals surface area contributed by atoms with Gasteiger partial charge in [-0.05, 0) is 49.9 Å². The summed E-state index contributed by atoms with van der Waals surface area (Å²) in [6.45, 7) is 6.75. The molecule has 0 radical (unpaired) electrons. The van der Waals surface area contributed by atoms with Crippen LogP contribution in [0.4, 0.5) is 0 Å². The molecular weight excluding hydrogens is 198 g/mol. The molecule has 88 valence electrons. The van der Waals surface area contributed by atoms with Crippen molar-refractivity contribution < 1.29 is 4.74 Å². The Bertz CT molecular complexity index is 356. The van der Waals surface area contributed by atoms with Gasteiger partial charge in [-0.1, -0.05) is 24.6 Å². The second kappa shape index (κ2) is 4.88. The molecule has 0 saturated carbocycles. The van der Waals surface area contributed by atoms with Crippen molar-refractivity contribution in [2.45, 2.75) is 26.2 Å². The number of ether oxygens (including phenoxy) is 1. The molecule has 0 bridgehead atoms. The number of hydrogen-bond donors (Lipinski definition) is 1. The van der Waals surface area contributed by atoms with Crippen molar-refractivity contribution in [1.29, 1.82) is 0 Å². The Kier molecular flexibility index (Phi) is 3.49. The fourth-order valence-electron chi connectivity index (χ4n) is 2.57. The average Bonchev–Trinajstić information content (AvgIpc) is 2.81. The number of nitrogens with one attached hydrogen (secondary N) is 1. The number of benzene rings is 1. The van der Waals surface area contributed by atoms with Gasteiger partial charge in [0.15, 0.2) is 0 Å². The second-order valence-electron chi connectivity index (χ2n) is 4.79. The largest absolute Gasteiger partial charge is 0.496 e. The summed E-state index contributed by atoms with van der Waals surface area (Å²) < 4.78 is 5.46. The van der Waals surface area contributed by atoms with Crippen LogP contribution in [0, 0.1) is 12.8 Å². The van der Waals surface area contributed by atoms with Gasteiger partial charge in [-0.3, -0.25) is 0 Å². The summed E-state index contributed by atoms with van der Waals surface area (Å²) in [5.74, 6) is 2.35. The Morgan fingerprint density at radius 1 is 1.44 bits per heavy atom. The predicted octanol–water partition coefficient (Wildman–Crippen LogP) is 2.72. The molecule has 2 nitrogen and oxygen atoms in total. The molecule has 1 heterocycles. The standard InChI is InChI=1S/C14H21NO/c1-10-4-5-14(16-3)13(8-10)11(2)12-6-7-15-9-12/h4-5,8,11-12,15H,6-7,9H2,1-3H3. The highest BCUT2D eigenvalue weighted by molar-refractivity contribution is 5.39. The lowest BCUT2D eigenvalue weighted by atomic mass is 9.86. The van der Waals surface area contributed by atoms with Gasteiger partial charge in [0.2, 0.25) is 0 Å². The van der Waals surface area contributed by atoms with Gasteiger partial charge in [-0.25, -0.2) is 0 Å². The van der Waals surface area contributed by atoms with Gasteiger partial charge < -0.3 is 10.1 Å². The predicted molar refractivity (Wildman–Crippen MR) is 67.1 cm³/mol. The van der Waals surface area contributed by atoms with Crippen LogP contribution >= 0.6 is 0 Å². The van der Waals surface area contributed by atoms with Crippen LogP contribution in [0.2, 0.25) is 0 Å². The molecule has 1 fully saturated rings. The van der Waals surface area contributed by atoms with Crippen LogP contribution in [-0.4, -0.2) is 20.2 Å². The van der Waals surface area contributed by atoms with E-state index in [-0.39, 0.29) is 0 Å². The first-order valence-corrected chi connectivity index (χ1v) is 6.07. The second-order valence-corrected chi connectivity index (χ2v) is 4.79. The quantitative estimate of drug-likeness (QED) is 0.844. The molecule has 2 unspecified atom stereocenters. The minimum absolute atomic E-state index is 0.574. The molecule has 1 N–H and O–H groups in total. The maximum absolute atomic E-state index is 5.46. The first-order valence-electron chi connectivity index (χ1n) is 6.07. The minimum atomic E-state index is 0.574. The molecule has 1 aliphatic rings. The van der Waals surface area contributed by atoms with Crippen molar-refractivity contribution in [3.63, 3.8) is 0 Å². The summed E-state index contributed by atoms with van der Waals surface area (Å²) in [7, 11) is 1.76. The van der Waals surface area contributed by atoms with Crippen LogP contribution in [0.5, 0.6) is 5.75 Å². The van der Waals surface area contributed by atoms with Gasteiger partial charge in [-0.15, -0.1) is 0 Å². The van der Waals surface area contributed by atoms with E-state index in [1.54, 1.807) is 7.11 Å². The van der Waals surface area contributed by atoms with E-state index in [2.05, 4.69) is 37.4 Å². The van der Waals surface area contributed by atoms with Crippen LogP contribution < -0.4 is 10.1 Å². The molecular formula is C14H21NO. The Morgan fingerprint density at radius 2 is 2.25 bits per heavy atom. The molecule has 0 spiro atoms. The maximum atomic E-state index is 5.46. The lowest BCUT2D eigenvalue weighted by Crippen LogP contribution is -2.15. The molecule has 1 aromatic rings. The molecule has 0 amide bonds. The Balaban J connectivity index is 2.26. The molecule has 2 atom stereocenters. The average molecular weight is 219 g/mol.